The number of urea groups is 1. The van der Waals surface area contributed by atoms with Gasteiger partial charge in [0.2, 0.25) is 5.91 Å². The Labute approximate surface area is 263 Å². The number of nitrogens with zero attached hydrogens (tertiary/aromatic N) is 5. The fourth-order valence-corrected chi connectivity index (χ4v) is 6.48. The molecular formula is C34H39N5O6. The number of rotatable bonds is 10. The molecule has 1 aliphatic carbocycles. The predicted molar refractivity (Wildman–Crippen MR) is 171 cm³/mol. The van der Waals surface area contributed by atoms with E-state index in [9.17, 15) is 19.7 Å². The number of carbonyl (C=O) groups excluding carboxylic acids is 2. The minimum atomic E-state index is -0.406. The molecule has 0 atom stereocenters. The molecule has 2 saturated heterocycles. The Kier molecular flexibility index (Phi) is 8.88. The Bertz CT molecular complexity index is 1530. The highest BCUT2D eigenvalue weighted by Gasteiger charge is 2.36. The molecular weight excluding hydrogens is 574 g/mol. The van der Waals surface area contributed by atoms with Crippen molar-refractivity contribution in [1.29, 1.82) is 0 Å². The van der Waals surface area contributed by atoms with Gasteiger partial charge in [-0.15, -0.1) is 0 Å². The molecule has 2 heterocycles. The zero-order valence-electron chi connectivity index (χ0n) is 25.8. The molecule has 0 radical (unpaired) electrons. The molecule has 0 spiro atoms. The number of anilines is 2. The van der Waals surface area contributed by atoms with Gasteiger partial charge in [0, 0.05) is 68.7 Å². The van der Waals surface area contributed by atoms with E-state index in [0.717, 1.165) is 67.3 Å². The summed E-state index contributed by atoms with van der Waals surface area (Å²) in [6, 6.07) is 20.2. The van der Waals surface area contributed by atoms with E-state index in [1.807, 2.05) is 37.3 Å². The van der Waals surface area contributed by atoms with Gasteiger partial charge < -0.3 is 14.4 Å². The normalized spacial score (nSPS) is 20.6. The minimum absolute atomic E-state index is 0.0686. The van der Waals surface area contributed by atoms with Crippen LogP contribution in [0.1, 0.15) is 30.4 Å². The van der Waals surface area contributed by atoms with Crippen LogP contribution in [-0.2, 0) is 11.3 Å². The van der Waals surface area contributed by atoms with Gasteiger partial charge in [-0.1, -0.05) is 12.1 Å². The molecule has 3 aromatic rings. The molecule has 1 saturated carbocycles. The smallest absolute Gasteiger partial charge is 0.331 e. The van der Waals surface area contributed by atoms with Crippen molar-refractivity contribution < 1.29 is 24.0 Å². The van der Waals surface area contributed by atoms with Crippen LogP contribution in [0.5, 0.6) is 11.5 Å². The lowest BCUT2D eigenvalue weighted by Gasteiger charge is -2.46. The minimum Gasteiger partial charge on any atom is -0.497 e. The van der Waals surface area contributed by atoms with Crippen molar-refractivity contribution in [2.24, 2.45) is 5.92 Å². The number of non-ortho nitro benzene ring substituents is 1. The number of aryl methyl sites for hydroxylation is 1. The zero-order valence-corrected chi connectivity index (χ0v) is 25.8. The highest BCUT2D eigenvalue weighted by Crippen LogP contribution is 2.34. The summed E-state index contributed by atoms with van der Waals surface area (Å²) < 4.78 is 11.1. The number of amides is 3. The second-order valence-corrected chi connectivity index (χ2v) is 12.1. The van der Waals surface area contributed by atoms with E-state index in [-0.39, 0.29) is 30.6 Å². The average molecular weight is 614 g/mol. The summed E-state index contributed by atoms with van der Waals surface area (Å²) in [5.41, 5.74) is 3.94. The van der Waals surface area contributed by atoms with E-state index in [1.165, 1.54) is 17.0 Å². The average Bonchev–Trinajstić information content (AvgIpc) is 3.03. The van der Waals surface area contributed by atoms with Crippen LogP contribution in [0.25, 0.3) is 0 Å². The van der Waals surface area contributed by atoms with Crippen LogP contribution >= 0.6 is 0 Å². The fourth-order valence-electron chi connectivity index (χ4n) is 6.48. The van der Waals surface area contributed by atoms with Crippen molar-refractivity contribution in [3.63, 3.8) is 0 Å². The second kappa shape index (κ2) is 13.2. The highest BCUT2D eigenvalue weighted by atomic mass is 16.6. The molecule has 3 aromatic carbocycles. The monoisotopic (exact) mass is 613 g/mol. The highest BCUT2D eigenvalue weighted by molar-refractivity contribution is 6.06. The topological polar surface area (TPSA) is 109 Å². The quantitative estimate of drug-likeness (QED) is 0.225. The molecule has 11 heteroatoms. The number of piperazine rings is 1. The summed E-state index contributed by atoms with van der Waals surface area (Å²) in [4.78, 5) is 44.6. The van der Waals surface area contributed by atoms with Crippen LogP contribution in [0.3, 0.4) is 0 Å². The number of hydrogen-bond acceptors (Lipinski definition) is 8. The molecule has 0 unspecified atom stereocenters. The fraction of sp³-hybridized carbons (Fsp3) is 0.412. The number of ether oxygens (including phenoxy) is 2. The molecule has 6 rings (SSSR count). The maximum absolute atomic E-state index is 13.5. The van der Waals surface area contributed by atoms with Gasteiger partial charge in [-0.05, 0) is 79.3 Å². The number of imide groups is 1. The summed E-state index contributed by atoms with van der Waals surface area (Å²) in [5.74, 6) is 1.74. The Morgan fingerprint density at radius 2 is 1.58 bits per heavy atom. The predicted octanol–water partition coefficient (Wildman–Crippen LogP) is 5.25. The molecule has 3 aliphatic rings. The molecule has 3 amide bonds. The molecule has 0 bridgehead atoms. The van der Waals surface area contributed by atoms with Crippen molar-refractivity contribution in [3.8, 4) is 11.5 Å². The second-order valence-electron chi connectivity index (χ2n) is 12.1. The lowest BCUT2D eigenvalue weighted by Crippen LogP contribution is -2.54. The molecule has 45 heavy (non-hydrogen) atoms. The largest absolute Gasteiger partial charge is 0.497 e. The number of methoxy groups -OCH3 is 1. The molecule has 0 aromatic heterocycles. The van der Waals surface area contributed by atoms with Gasteiger partial charge in [-0.2, -0.15) is 0 Å². The maximum atomic E-state index is 13.5. The van der Waals surface area contributed by atoms with Gasteiger partial charge in [0.05, 0.1) is 25.2 Å². The summed E-state index contributed by atoms with van der Waals surface area (Å²) in [5, 5.41) is 10.8. The van der Waals surface area contributed by atoms with Crippen LogP contribution in [-0.4, -0.2) is 79.1 Å². The van der Waals surface area contributed by atoms with E-state index in [2.05, 4.69) is 21.9 Å². The summed E-state index contributed by atoms with van der Waals surface area (Å²) in [6.07, 6.45) is 2.49. The lowest BCUT2D eigenvalue weighted by atomic mass is 9.79. The van der Waals surface area contributed by atoms with E-state index in [1.54, 1.807) is 24.1 Å². The molecule has 0 N–H and O–H groups in total. The number of nitro benzene ring substituents is 1. The van der Waals surface area contributed by atoms with Crippen molar-refractivity contribution in [2.75, 3.05) is 56.2 Å². The SMILES string of the molecule is COc1ccc(CN2C(=O)CCN(c3ccc(N4CCN(C5CC(COc6ccc([N+](=O)[O-])cc6)C5)CC4)cc3C)C2=O)cc1. The first-order valence-electron chi connectivity index (χ1n) is 15.5. The number of hydrogen-bond donors (Lipinski definition) is 0. The summed E-state index contributed by atoms with van der Waals surface area (Å²) in [7, 11) is 1.61. The van der Waals surface area contributed by atoms with E-state index >= 15 is 0 Å². The van der Waals surface area contributed by atoms with Crippen LogP contribution < -0.4 is 19.3 Å². The first kappa shape index (κ1) is 30.4. The molecule has 236 valence electrons. The van der Waals surface area contributed by atoms with Gasteiger partial charge in [-0.3, -0.25) is 29.6 Å². The summed E-state index contributed by atoms with van der Waals surface area (Å²) in [6.45, 7) is 7.12. The van der Waals surface area contributed by atoms with Crippen molar-refractivity contribution in [3.05, 3.63) is 88.0 Å². The zero-order chi connectivity index (χ0) is 31.5. The Hall–Kier alpha value is -4.64. The molecule has 3 fully saturated rings. The molecule has 11 nitrogen and oxygen atoms in total. The van der Waals surface area contributed by atoms with E-state index < -0.39 is 4.92 Å². The van der Waals surface area contributed by atoms with Crippen molar-refractivity contribution >= 4 is 29.0 Å². The van der Waals surface area contributed by atoms with Gasteiger partial charge in [0.15, 0.2) is 0 Å². The van der Waals surface area contributed by atoms with Gasteiger partial charge in [0.25, 0.3) is 5.69 Å². The van der Waals surface area contributed by atoms with Crippen molar-refractivity contribution in [1.82, 2.24) is 9.80 Å². The van der Waals surface area contributed by atoms with E-state index in [0.29, 0.717) is 30.9 Å². The first-order chi connectivity index (χ1) is 21.8. The molecule has 2 aliphatic heterocycles. The first-order valence-corrected chi connectivity index (χ1v) is 15.5. The Morgan fingerprint density at radius 1 is 0.889 bits per heavy atom. The Balaban J connectivity index is 0.986. The van der Waals surface area contributed by atoms with Crippen LogP contribution in [0, 0.1) is 23.0 Å². The van der Waals surface area contributed by atoms with Crippen LogP contribution in [0.4, 0.5) is 21.9 Å². The van der Waals surface area contributed by atoms with Gasteiger partial charge in [-0.25, -0.2) is 4.79 Å². The summed E-state index contributed by atoms with van der Waals surface area (Å²) >= 11 is 0. The number of benzene rings is 3. The number of carbonyl (C=O) groups is 2. The van der Waals surface area contributed by atoms with Crippen molar-refractivity contribution in [2.45, 2.75) is 38.8 Å². The maximum Gasteiger partial charge on any atom is 0.331 e. The third kappa shape index (κ3) is 6.73. The lowest BCUT2D eigenvalue weighted by molar-refractivity contribution is -0.384. The van der Waals surface area contributed by atoms with Gasteiger partial charge >= 0.3 is 6.03 Å². The Morgan fingerprint density at radius 3 is 2.22 bits per heavy atom. The third-order valence-corrected chi connectivity index (χ3v) is 9.22. The number of nitro groups is 1. The van der Waals surface area contributed by atoms with Crippen LogP contribution in [0.15, 0.2) is 66.7 Å². The third-order valence-electron chi connectivity index (χ3n) is 9.22. The van der Waals surface area contributed by atoms with Gasteiger partial charge in [0.1, 0.15) is 11.5 Å². The van der Waals surface area contributed by atoms with Crippen LogP contribution in [0.2, 0.25) is 0 Å². The standard InChI is InChI=1S/C34H39N5O6/c1-24-19-28(7-12-32(24)37-14-13-33(40)38(34(37)41)22-25-3-8-30(44-2)9-4-25)35-15-17-36(18-16-35)29-20-26(21-29)23-45-31-10-5-27(6-11-31)39(42)43/h3-12,19,26,29H,13-18,20-23H2,1-2H3. The van der Waals surface area contributed by atoms with E-state index in [4.69, 9.17) is 9.47 Å².